The Bertz CT molecular complexity index is 1530. The first-order valence-electron chi connectivity index (χ1n) is 12.8. The van der Waals surface area contributed by atoms with Gasteiger partial charge in [-0.05, 0) is 36.4 Å². The van der Waals surface area contributed by atoms with E-state index in [1.165, 1.54) is 72.8 Å². The van der Waals surface area contributed by atoms with Crippen LogP contribution < -0.4 is 0 Å². The van der Waals surface area contributed by atoms with Crippen LogP contribution in [0.5, 0.6) is 0 Å². The second-order valence-electron chi connectivity index (χ2n) is 9.18. The molecule has 0 saturated carbocycles. The molecule has 0 aliphatic carbocycles. The zero-order chi connectivity index (χ0) is 31.9. The number of ether oxygens (including phenoxy) is 5. The Kier molecular flexibility index (Phi) is 10.4. The lowest BCUT2D eigenvalue weighted by Crippen LogP contribution is -2.63. The molecular weight excluding hydrogens is 613 g/mol. The molecule has 0 N–H and O–H groups in total. The summed E-state index contributed by atoms with van der Waals surface area (Å²) in [5.41, 5.74) is -5.94. The van der Waals surface area contributed by atoms with Crippen LogP contribution in [0.15, 0.2) is 91.0 Å². The number of carbonyl (C=O) groups is 3. The molecule has 4 rings (SSSR count). The molecule has 3 aromatic rings. The monoisotopic (exact) mass is 638 g/mol. The number of esters is 3. The number of carbonyl (C=O) groups excluding carboxylic acids is 3. The summed E-state index contributed by atoms with van der Waals surface area (Å²) in [6.45, 7) is -0.885. The van der Waals surface area contributed by atoms with Crippen LogP contribution >= 0.6 is 0 Å². The van der Waals surface area contributed by atoms with Crippen LogP contribution in [0, 0.1) is 0 Å². The first-order valence-corrected chi connectivity index (χ1v) is 14.2. The van der Waals surface area contributed by atoms with Crippen LogP contribution in [0.1, 0.15) is 31.1 Å². The van der Waals surface area contributed by atoms with Crippen LogP contribution in [0.4, 0.5) is 13.2 Å². The smallest absolute Gasteiger partial charge is 0.459 e. The third kappa shape index (κ3) is 7.79. The number of halogens is 3. The van der Waals surface area contributed by atoms with E-state index in [1.54, 1.807) is 18.2 Å². The highest BCUT2D eigenvalue weighted by atomic mass is 32.2. The van der Waals surface area contributed by atoms with E-state index in [4.69, 9.17) is 23.7 Å². The number of alkyl halides is 3. The maximum atomic E-state index is 13.5. The van der Waals surface area contributed by atoms with Gasteiger partial charge >= 0.3 is 33.5 Å². The van der Waals surface area contributed by atoms with E-state index in [-0.39, 0.29) is 16.7 Å². The van der Waals surface area contributed by atoms with Crippen molar-refractivity contribution in [3.63, 3.8) is 0 Å². The summed E-state index contributed by atoms with van der Waals surface area (Å²) in [6.07, 6.45) is -9.81. The number of methoxy groups -OCH3 is 1. The van der Waals surface area contributed by atoms with Gasteiger partial charge in [0.15, 0.2) is 18.5 Å². The maximum Gasteiger partial charge on any atom is 0.523 e. The van der Waals surface area contributed by atoms with Gasteiger partial charge in [0.25, 0.3) is 0 Å². The average molecular weight is 639 g/mol. The molecule has 15 heteroatoms. The number of benzene rings is 3. The predicted molar refractivity (Wildman–Crippen MR) is 144 cm³/mol. The summed E-state index contributed by atoms with van der Waals surface area (Å²) in [4.78, 5) is 38.7. The summed E-state index contributed by atoms with van der Waals surface area (Å²) in [5, 5.41) is 0. The molecule has 5 atom stereocenters. The van der Waals surface area contributed by atoms with Crippen molar-refractivity contribution in [1.29, 1.82) is 0 Å². The summed E-state index contributed by atoms with van der Waals surface area (Å²) >= 11 is 0. The molecule has 234 valence electrons. The first kappa shape index (κ1) is 32.6. The Morgan fingerprint density at radius 1 is 0.705 bits per heavy atom. The fraction of sp³-hybridized carbons (Fsp3) is 0.276. The molecule has 0 radical (unpaired) electrons. The number of hydrogen-bond acceptors (Lipinski definition) is 11. The minimum Gasteiger partial charge on any atom is -0.459 e. The molecule has 0 aromatic heterocycles. The van der Waals surface area contributed by atoms with Gasteiger partial charge in [-0.3, -0.25) is 4.18 Å². The van der Waals surface area contributed by atoms with E-state index < -0.39 is 70.8 Å². The quantitative estimate of drug-likeness (QED) is 0.138. The molecule has 0 amide bonds. The van der Waals surface area contributed by atoms with Crippen molar-refractivity contribution in [1.82, 2.24) is 0 Å². The van der Waals surface area contributed by atoms with Crippen molar-refractivity contribution in [2.75, 3.05) is 13.7 Å². The summed E-state index contributed by atoms with van der Waals surface area (Å²) in [6, 6.07) is 22.0. The fourth-order valence-corrected chi connectivity index (χ4v) is 4.76. The summed E-state index contributed by atoms with van der Waals surface area (Å²) < 4.78 is 96.6. The Labute approximate surface area is 249 Å². The van der Waals surface area contributed by atoms with Crippen LogP contribution in [-0.4, -0.2) is 76.3 Å². The Morgan fingerprint density at radius 2 is 1.14 bits per heavy atom. The van der Waals surface area contributed by atoms with E-state index in [0.29, 0.717) is 0 Å². The molecule has 11 nitrogen and oxygen atoms in total. The van der Waals surface area contributed by atoms with E-state index in [0.717, 1.165) is 7.11 Å². The molecule has 44 heavy (non-hydrogen) atoms. The van der Waals surface area contributed by atoms with E-state index in [2.05, 4.69) is 4.18 Å². The Hall–Kier alpha value is -4.31. The summed E-state index contributed by atoms with van der Waals surface area (Å²) in [5.74, 6) is -3.10. The number of rotatable bonds is 10. The lowest BCUT2D eigenvalue weighted by molar-refractivity contribution is -0.288. The predicted octanol–water partition coefficient (Wildman–Crippen LogP) is 3.90. The molecule has 3 aromatic carbocycles. The van der Waals surface area contributed by atoms with Gasteiger partial charge in [0.1, 0.15) is 18.8 Å². The molecular formula is C29H25F3O11S. The molecule has 0 unspecified atom stereocenters. The maximum absolute atomic E-state index is 13.5. The Morgan fingerprint density at radius 3 is 1.57 bits per heavy atom. The van der Waals surface area contributed by atoms with Crippen LogP contribution in [-0.2, 0) is 38.0 Å². The second kappa shape index (κ2) is 14.0. The zero-order valence-electron chi connectivity index (χ0n) is 22.8. The molecule has 1 heterocycles. The third-order valence-electron chi connectivity index (χ3n) is 6.24. The van der Waals surface area contributed by atoms with Crippen LogP contribution in [0.3, 0.4) is 0 Å². The molecule has 0 bridgehead atoms. The van der Waals surface area contributed by atoms with Gasteiger partial charge in [0.2, 0.25) is 0 Å². The van der Waals surface area contributed by atoms with Gasteiger partial charge < -0.3 is 23.7 Å². The van der Waals surface area contributed by atoms with Crippen molar-refractivity contribution < 1.29 is 63.8 Å². The van der Waals surface area contributed by atoms with Crippen LogP contribution in [0.2, 0.25) is 0 Å². The highest BCUT2D eigenvalue weighted by Crippen LogP contribution is 2.35. The SMILES string of the molecule is CO[C@H]1O[C@@H](COC(=O)c2ccccc2)[C@H](OS(=O)(=O)C(F)(F)F)[C@H](OC(=O)c2ccccc2)[C@H]1OC(=O)c1ccccc1. The van der Waals surface area contributed by atoms with E-state index >= 15 is 0 Å². The third-order valence-corrected chi connectivity index (χ3v) is 7.28. The highest BCUT2D eigenvalue weighted by molar-refractivity contribution is 7.87. The van der Waals surface area contributed by atoms with Gasteiger partial charge in [-0.15, -0.1) is 0 Å². The fourth-order valence-electron chi connectivity index (χ4n) is 4.13. The number of hydrogen-bond donors (Lipinski definition) is 0. The normalized spacial score (nSPS) is 22.0. The van der Waals surface area contributed by atoms with E-state index in [1.807, 2.05) is 0 Å². The minimum absolute atomic E-state index is 0.00483. The molecule has 0 spiro atoms. The summed E-state index contributed by atoms with van der Waals surface area (Å²) in [7, 11) is -5.29. The van der Waals surface area contributed by atoms with Crippen molar-refractivity contribution in [3.8, 4) is 0 Å². The van der Waals surface area contributed by atoms with Crippen molar-refractivity contribution in [2.24, 2.45) is 0 Å². The molecule has 1 saturated heterocycles. The van der Waals surface area contributed by atoms with Gasteiger partial charge in [-0.25, -0.2) is 14.4 Å². The second-order valence-corrected chi connectivity index (χ2v) is 10.7. The minimum atomic E-state index is -6.38. The molecule has 1 fully saturated rings. The van der Waals surface area contributed by atoms with Gasteiger partial charge in [0, 0.05) is 7.11 Å². The first-order chi connectivity index (χ1) is 20.9. The van der Waals surface area contributed by atoms with Crippen molar-refractivity contribution in [3.05, 3.63) is 108 Å². The molecule has 1 aliphatic rings. The molecule has 1 aliphatic heterocycles. The van der Waals surface area contributed by atoms with E-state index in [9.17, 15) is 36.0 Å². The Balaban J connectivity index is 1.74. The standard InChI is InChI=1S/C29H25F3O11S/c1-38-28-24(42-27(35)20-15-9-4-10-16-20)23(41-26(34)19-13-7-3-8-14-19)22(43-44(36,37)29(30,31)32)21(40-28)17-39-25(33)18-11-5-2-6-12-18/h2-16,21-24,28H,17H2,1H3/t21-,22-,23-,24+,28-/m0/s1. The lowest BCUT2D eigenvalue weighted by Gasteiger charge is -2.43. The van der Waals surface area contributed by atoms with Gasteiger partial charge in [0.05, 0.1) is 16.7 Å². The van der Waals surface area contributed by atoms with Gasteiger partial charge in [-0.1, -0.05) is 54.6 Å². The topological polar surface area (TPSA) is 141 Å². The lowest BCUT2D eigenvalue weighted by atomic mass is 9.98. The van der Waals surface area contributed by atoms with Crippen molar-refractivity contribution in [2.45, 2.75) is 36.2 Å². The highest BCUT2D eigenvalue weighted by Gasteiger charge is 2.57. The largest absolute Gasteiger partial charge is 0.523 e. The van der Waals surface area contributed by atoms with Crippen molar-refractivity contribution >= 4 is 28.0 Å². The van der Waals surface area contributed by atoms with Gasteiger partial charge in [-0.2, -0.15) is 21.6 Å². The zero-order valence-corrected chi connectivity index (χ0v) is 23.6. The van der Waals surface area contributed by atoms with Crippen LogP contribution in [0.25, 0.3) is 0 Å². The average Bonchev–Trinajstić information content (AvgIpc) is 3.02.